The lowest BCUT2D eigenvalue weighted by atomic mass is 9.80. The molecule has 98 valence electrons. The summed E-state index contributed by atoms with van der Waals surface area (Å²) in [5.41, 5.74) is 2.07. The summed E-state index contributed by atoms with van der Waals surface area (Å²) in [7, 11) is -1.46. The summed E-state index contributed by atoms with van der Waals surface area (Å²) in [4.78, 5) is 0. The van der Waals surface area contributed by atoms with Crippen molar-refractivity contribution >= 4 is 12.6 Å². The zero-order chi connectivity index (χ0) is 13.8. The molecule has 0 spiro atoms. The van der Waals surface area contributed by atoms with Crippen LogP contribution in [0.2, 0.25) is 0 Å². The van der Waals surface area contributed by atoms with E-state index < -0.39 is 7.12 Å². The first-order chi connectivity index (χ1) is 9.06. The molecule has 0 unspecified atom stereocenters. The summed E-state index contributed by atoms with van der Waals surface area (Å²) < 4.78 is 18.5. The lowest BCUT2D eigenvalue weighted by Gasteiger charge is -2.09. The minimum absolute atomic E-state index is 0.286. The number of aryl methyl sites for hydroxylation is 1. The minimum Gasteiger partial charge on any atom is -0.489 e. The average molecular weight is 260 g/mol. The molecule has 19 heavy (non-hydrogen) atoms. The Kier molecular flexibility index (Phi) is 4.19. The Bertz CT molecular complexity index is 555. The summed E-state index contributed by atoms with van der Waals surface area (Å²) >= 11 is 0. The molecule has 0 saturated heterocycles. The van der Waals surface area contributed by atoms with Gasteiger partial charge in [-0.1, -0.05) is 24.3 Å². The lowest BCUT2D eigenvalue weighted by molar-refractivity contribution is 0.303. The Balaban J connectivity index is 2.02. The molecule has 2 rings (SSSR count). The monoisotopic (exact) mass is 260 g/mol. The van der Waals surface area contributed by atoms with Crippen molar-refractivity contribution in [3.63, 3.8) is 0 Å². The van der Waals surface area contributed by atoms with Gasteiger partial charge in [-0.25, -0.2) is 4.39 Å². The molecule has 2 N–H and O–H groups in total. The lowest BCUT2D eigenvalue weighted by Crippen LogP contribution is -2.29. The zero-order valence-electron chi connectivity index (χ0n) is 10.5. The number of hydrogen-bond acceptors (Lipinski definition) is 3. The van der Waals surface area contributed by atoms with Crippen LogP contribution in [-0.4, -0.2) is 17.2 Å². The van der Waals surface area contributed by atoms with Crippen LogP contribution in [0, 0.1) is 12.7 Å². The number of ether oxygens (including phenoxy) is 1. The van der Waals surface area contributed by atoms with Crippen LogP contribution >= 0.6 is 0 Å². The predicted molar refractivity (Wildman–Crippen MR) is 71.7 cm³/mol. The van der Waals surface area contributed by atoms with Gasteiger partial charge in [-0.2, -0.15) is 0 Å². The quantitative estimate of drug-likeness (QED) is 0.817. The molecule has 0 heterocycles. The van der Waals surface area contributed by atoms with Crippen LogP contribution < -0.4 is 10.2 Å². The van der Waals surface area contributed by atoms with Crippen molar-refractivity contribution in [1.82, 2.24) is 0 Å². The molecule has 0 amide bonds. The highest BCUT2D eigenvalue weighted by molar-refractivity contribution is 6.58. The highest BCUT2D eigenvalue weighted by atomic mass is 19.1. The molecule has 0 bridgehead atoms. The van der Waals surface area contributed by atoms with E-state index in [9.17, 15) is 4.39 Å². The van der Waals surface area contributed by atoms with E-state index in [1.165, 1.54) is 12.1 Å². The molecule has 3 nitrogen and oxygen atoms in total. The van der Waals surface area contributed by atoms with E-state index in [0.29, 0.717) is 17.8 Å². The van der Waals surface area contributed by atoms with E-state index in [4.69, 9.17) is 14.8 Å². The molecule has 0 aliphatic carbocycles. The fourth-order valence-corrected chi connectivity index (χ4v) is 1.72. The largest absolute Gasteiger partial charge is 0.489 e. The first-order valence-electron chi connectivity index (χ1n) is 5.90. The van der Waals surface area contributed by atoms with Crippen LogP contribution in [-0.2, 0) is 6.61 Å². The van der Waals surface area contributed by atoms with Crippen LogP contribution in [0.4, 0.5) is 4.39 Å². The average Bonchev–Trinajstić information content (AvgIpc) is 2.38. The third-order valence-corrected chi connectivity index (χ3v) is 2.81. The normalized spacial score (nSPS) is 10.3. The Hall–Kier alpha value is -1.85. The van der Waals surface area contributed by atoms with Crippen molar-refractivity contribution in [2.24, 2.45) is 0 Å². The Morgan fingerprint density at radius 3 is 2.37 bits per heavy atom. The van der Waals surface area contributed by atoms with Crippen molar-refractivity contribution in [1.29, 1.82) is 0 Å². The van der Waals surface area contributed by atoms with Gasteiger partial charge < -0.3 is 14.8 Å². The van der Waals surface area contributed by atoms with Crippen molar-refractivity contribution < 1.29 is 19.2 Å². The molecule has 2 aromatic rings. The van der Waals surface area contributed by atoms with Gasteiger partial charge in [0.15, 0.2) is 0 Å². The maximum Gasteiger partial charge on any atom is 0.488 e. The van der Waals surface area contributed by atoms with Crippen LogP contribution in [0.15, 0.2) is 42.5 Å². The van der Waals surface area contributed by atoms with Gasteiger partial charge in [-0.3, -0.25) is 0 Å². The standard InChI is InChI=1S/C14H14BFO3/c1-10-8-13(16)6-7-14(10)19-9-11-2-4-12(5-3-11)15(17)18/h2-8,17-18H,9H2,1H3. The van der Waals surface area contributed by atoms with Crippen LogP contribution in [0.3, 0.4) is 0 Å². The molecular formula is C14H14BFO3. The third kappa shape index (κ3) is 3.56. The summed E-state index contributed by atoms with van der Waals surface area (Å²) in [6, 6.07) is 11.1. The van der Waals surface area contributed by atoms with Crippen LogP contribution in [0.25, 0.3) is 0 Å². The molecule has 2 aromatic carbocycles. The number of benzene rings is 2. The van der Waals surface area contributed by atoms with Gasteiger partial charge in [0, 0.05) is 0 Å². The molecule has 5 heteroatoms. The molecule has 0 aliphatic rings. The maximum absolute atomic E-state index is 12.9. The minimum atomic E-state index is -1.46. The Morgan fingerprint density at radius 1 is 1.11 bits per heavy atom. The first-order valence-corrected chi connectivity index (χ1v) is 5.90. The molecule has 0 aliphatic heterocycles. The number of halogens is 1. The van der Waals surface area contributed by atoms with Crippen molar-refractivity contribution in [3.8, 4) is 5.75 Å². The van der Waals surface area contributed by atoms with Gasteiger partial charge in [0.05, 0.1) is 0 Å². The summed E-state index contributed by atoms with van der Waals surface area (Å²) in [6.45, 7) is 2.12. The van der Waals surface area contributed by atoms with E-state index in [1.807, 2.05) is 0 Å². The van der Waals surface area contributed by atoms with Gasteiger partial charge in [-0.05, 0) is 41.7 Å². The van der Waals surface area contributed by atoms with Gasteiger partial charge in [0.1, 0.15) is 18.2 Å². The van der Waals surface area contributed by atoms with Crippen molar-refractivity contribution in [3.05, 3.63) is 59.4 Å². The van der Waals surface area contributed by atoms with Gasteiger partial charge in [-0.15, -0.1) is 0 Å². The molecule has 0 aromatic heterocycles. The Morgan fingerprint density at radius 2 is 1.79 bits per heavy atom. The van der Waals surface area contributed by atoms with Gasteiger partial charge in [0.2, 0.25) is 0 Å². The molecule has 0 saturated carbocycles. The van der Waals surface area contributed by atoms with Crippen LogP contribution in [0.1, 0.15) is 11.1 Å². The Labute approximate surface area is 111 Å². The van der Waals surface area contributed by atoms with E-state index in [0.717, 1.165) is 11.1 Å². The van der Waals surface area contributed by atoms with E-state index in [-0.39, 0.29) is 5.82 Å². The number of hydrogen-bond donors (Lipinski definition) is 2. The van der Waals surface area contributed by atoms with Gasteiger partial charge >= 0.3 is 7.12 Å². The zero-order valence-corrected chi connectivity index (χ0v) is 10.5. The second-order valence-corrected chi connectivity index (χ2v) is 4.31. The smallest absolute Gasteiger partial charge is 0.488 e. The topological polar surface area (TPSA) is 49.7 Å². The fourth-order valence-electron chi connectivity index (χ4n) is 1.72. The van der Waals surface area contributed by atoms with E-state index in [2.05, 4.69) is 0 Å². The predicted octanol–water partition coefficient (Wildman–Crippen LogP) is 1.39. The maximum atomic E-state index is 12.9. The molecule has 0 atom stereocenters. The molecule has 0 fully saturated rings. The third-order valence-electron chi connectivity index (χ3n) is 2.81. The van der Waals surface area contributed by atoms with Gasteiger partial charge in [0.25, 0.3) is 0 Å². The molecular weight excluding hydrogens is 246 g/mol. The van der Waals surface area contributed by atoms with Crippen molar-refractivity contribution in [2.75, 3.05) is 0 Å². The highest BCUT2D eigenvalue weighted by Gasteiger charge is 2.09. The second-order valence-electron chi connectivity index (χ2n) is 4.31. The number of rotatable bonds is 4. The summed E-state index contributed by atoms with van der Waals surface area (Å²) in [6.07, 6.45) is 0. The highest BCUT2D eigenvalue weighted by Crippen LogP contribution is 2.19. The van der Waals surface area contributed by atoms with Crippen LogP contribution in [0.5, 0.6) is 5.75 Å². The summed E-state index contributed by atoms with van der Waals surface area (Å²) in [5.74, 6) is 0.346. The second kappa shape index (κ2) is 5.86. The van der Waals surface area contributed by atoms with Crippen molar-refractivity contribution in [2.45, 2.75) is 13.5 Å². The first kappa shape index (κ1) is 13.6. The SMILES string of the molecule is Cc1cc(F)ccc1OCc1ccc(B(O)O)cc1. The summed E-state index contributed by atoms with van der Waals surface area (Å²) in [5, 5.41) is 17.9. The van der Waals surface area contributed by atoms with E-state index in [1.54, 1.807) is 37.3 Å². The van der Waals surface area contributed by atoms with E-state index >= 15 is 0 Å². The fraction of sp³-hybridized carbons (Fsp3) is 0.143. The molecule has 0 radical (unpaired) electrons.